The average Bonchev–Trinajstić information content (AvgIpc) is 1.94. The summed E-state index contributed by atoms with van der Waals surface area (Å²) in [5.41, 5.74) is 0.0904. The van der Waals surface area contributed by atoms with Gasteiger partial charge in [0.15, 0.2) is 0 Å². The highest BCUT2D eigenvalue weighted by atomic mass is 16.2. The van der Waals surface area contributed by atoms with Gasteiger partial charge in [0, 0.05) is 18.8 Å². The monoisotopic (exact) mass is 166 g/mol. The van der Waals surface area contributed by atoms with E-state index < -0.39 is 5.69 Å². The van der Waals surface area contributed by atoms with E-state index in [-0.39, 0.29) is 5.56 Å². The van der Waals surface area contributed by atoms with Gasteiger partial charge in [-0.05, 0) is 6.92 Å². The fraction of sp³-hybridized carbons (Fsp3) is 0.250. The predicted molar refractivity (Wildman–Crippen MR) is 46.1 cm³/mol. The molecule has 0 saturated heterocycles. The number of nitrogens with zero attached hydrogens (tertiary/aromatic N) is 1. The molecule has 1 N–H and O–H groups in total. The molecule has 4 heteroatoms. The van der Waals surface area contributed by atoms with Gasteiger partial charge in [0.1, 0.15) is 0 Å². The molecule has 1 rings (SSSR count). The van der Waals surface area contributed by atoms with Crippen LogP contribution in [-0.2, 0) is 6.54 Å². The Morgan fingerprint density at radius 1 is 1.67 bits per heavy atom. The second kappa shape index (κ2) is 3.21. The zero-order valence-electron chi connectivity index (χ0n) is 6.83. The summed E-state index contributed by atoms with van der Waals surface area (Å²) >= 11 is 0. The highest BCUT2D eigenvalue weighted by molar-refractivity contribution is 4.92. The SMILES string of the molecule is C=C(C)Cn1ccc(=O)[nH]c1=O. The molecular formula is C8H10N2O2. The van der Waals surface area contributed by atoms with Crippen LogP contribution in [0.3, 0.4) is 0 Å². The Kier molecular flexibility index (Phi) is 2.28. The highest BCUT2D eigenvalue weighted by Crippen LogP contribution is 1.88. The van der Waals surface area contributed by atoms with Crippen LogP contribution in [0.5, 0.6) is 0 Å². The second-order valence-electron chi connectivity index (χ2n) is 2.70. The van der Waals surface area contributed by atoms with Gasteiger partial charge in [0.05, 0.1) is 0 Å². The molecule has 0 atom stereocenters. The third kappa shape index (κ3) is 1.95. The summed E-state index contributed by atoms with van der Waals surface area (Å²) in [6.45, 7) is 5.92. The molecule has 12 heavy (non-hydrogen) atoms. The Morgan fingerprint density at radius 2 is 2.33 bits per heavy atom. The Hall–Kier alpha value is -1.58. The van der Waals surface area contributed by atoms with Crippen molar-refractivity contribution in [3.8, 4) is 0 Å². The molecule has 0 saturated carbocycles. The summed E-state index contributed by atoms with van der Waals surface area (Å²) in [6, 6.07) is 1.31. The van der Waals surface area contributed by atoms with E-state index >= 15 is 0 Å². The van der Waals surface area contributed by atoms with Crippen molar-refractivity contribution in [2.75, 3.05) is 0 Å². The molecule has 0 aliphatic carbocycles. The van der Waals surface area contributed by atoms with Crippen LogP contribution in [-0.4, -0.2) is 9.55 Å². The summed E-state index contributed by atoms with van der Waals surface area (Å²) < 4.78 is 1.39. The molecule has 0 radical (unpaired) electrons. The topological polar surface area (TPSA) is 54.9 Å². The van der Waals surface area contributed by atoms with E-state index in [4.69, 9.17) is 0 Å². The van der Waals surface area contributed by atoms with Crippen LogP contribution in [0.2, 0.25) is 0 Å². The van der Waals surface area contributed by atoms with Gasteiger partial charge >= 0.3 is 5.69 Å². The number of hydrogen-bond donors (Lipinski definition) is 1. The van der Waals surface area contributed by atoms with Crippen molar-refractivity contribution in [2.45, 2.75) is 13.5 Å². The van der Waals surface area contributed by atoms with Crippen molar-refractivity contribution in [1.82, 2.24) is 9.55 Å². The molecule has 64 valence electrons. The minimum Gasteiger partial charge on any atom is -0.297 e. The maximum Gasteiger partial charge on any atom is 0.328 e. The minimum atomic E-state index is -0.398. The lowest BCUT2D eigenvalue weighted by molar-refractivity contribution is 0.712. The molecule has 4 nitrogen and oxygen atoms in total. The number of hydrogen-bond acceptors (Lipinski definition) is 2. The van der Waals surface area contributed by atoms with E-state index in [9.17, 15) is 9.59 Å². The van der Waals surface area contributed by atoms with E-state index in [0.717, 1.165) is 5.57 Å². The number of H-pyrrole nitrogens is 1. The summed E-state index contributed by atoms with van der Waals surface area (Å²) in [7, 11) is 0. The van der Waals surface area contributed by atoms with E-state index in [0.29, 0.717) is 6.54 Å². The standard InChI is InChI=1S/C8H10N2O2/c1-6(2)5-10-4-3-7(11)9-8(10)12/h3-4H,1,5H2,2H3,(H,9,11,12). The minimum absolute atomic E-state index is 0.377. The Balaban J connectivity index is 3.10. The van der Waals surface area contributed by atoms with Gasteiger partial charge in [-0.25, -0.2) is 4.79 Å². The number of allylic oxidation sites excluding steroid dienone is 1. The molecule has 0 bridgehead atoms. The van der Waals surface area contributed by atoms with Gasteiger partial charge in [-0.2, -0.15) is 0 Å². The molecule has 1 aromatic heterocycles. The first-order valence-corrected chi connectivity index (χ1v) is 3.54. The van der Waals surface area contributed by atoms with E-state index in [1.165, 1.54) is 16.8 Å². The third-order valence-corrected chi connectivity index (χ3v) is 1.34. The summed E-state index contributed by atoms with van der Waals surface area (Å²) in [4.78, 5) is 23.8. The molecule has 1 aromatic rings. The highest BCUT2D eigenvalue weighted by Gasteiger charge is 1.94. The largest absolute Gasteiger partial charge is 0.328 e. The van der Waals surface area contributed by atoms with Gasteiger partial charge in [-0.1, -0.05) is 12.2 Å². The second-order valence-corrected chi connectivity index (χ2v) is 2.70. The van der Waals surface area contributed by atoms with Crippen LogP contribution in [0.4, 0.5) is 0 Å². The molecule has 0 unspecified atom stereocenters. The predicted octanol–water partition coefficient (Wildman–Crippen LogP) is 0.113. The van der Waals surface area contributed by atoms with Gasteiger partial charge < -0.3 is 0 Å². The lowest BCUT2D eigenvalue weighted by Crippen LogP contribution is -2.28. The zero-order chi connectivity index (χ0) is 9.14. The Bertz CT molecular complexity index is 400. The number of aromatic nitrogens is 2. The van der Waals surface area contributed by atoms with Crippen LogP contribution in [0.15, 0.2) is 34.0 Å². The van der Waals surface area contributed by atoms with Crippen molar-refractivity contribution >= 4 is 0 Å². The van der Waals surface area contributed by atoms with Crippen LogP contribution >= 0.6 is 0 Å². The van der Waals surface area contributed by atoms with Crippen LogP contribution in [0, 0.1) is 0 Å². The average molecular weight is 166 g/mol. The lowest BCUT2D eigenvalue weighted by atomic mass is 10.3. The van der Waals surface area contributed by atoms with Crippen molar-refractivity contribution < 1.29 is 0 Å². The van der Waals surface area contributed by atoms with Crippen molar-refractivity contribution in [1.29, 1.82) is 0 Å². The lowest BCUT2D eigenvalue weighted by Gasteiger charge is -2.01. The maximum absolute atomic E-state index is 11.0. The Morgan fingerprint density at radius 3 is 2.83 bits per heavy atom. The fourth-order valence-electron chi connectivity index (χ4n) is 0.860. The zero-order valence-corrected chi connectivity index (χ0v) is 6.83. The molecule has 0 aliphatic heterocycles. The molecular weight excluding hydrogens is 156 g/mol. The molecule has 0 spiro atoms. The molecule has 0 aliphatic rings. The quantitative estimate of drug-likeness (QED) is 0.634. The van der Waals surface area contributed by atoms with Gasteiger partial charge in [-0.3, -0.25) is 14.3 Å². The molecule has 1 heterocycles. The number of aromatic amines is 1. The van der Waals surface area contributed by atoms with Crippen molar-refractivity contribution in [2.24, 2.45) is 0 Å². The fourth-order valence-corrected chi connectivity index (χ4v) is 0.860. The first-order valence-electron chi connectivity index (χ1n) is 3.54. The van der Waals surface area contributed by atoms with Crippen molar-refractivity contribution in [3.05, 3.63) is 45.3 Å². The normalized spacial score (nSPS) is 9.75. The van der Waals surface area contributed by atoms with Gasteiger partial charge in [0.25, 0.3) is 5.56 Å². The first-order chi connectivity index (χ1) is 5.59. The maximum atomic E-state index is 11.0. The van der Waals surface area contributed by atoms with E-state index in [1.807, 2.05) is 6.92 Å². The van der Waals surface area contributed by atoms with Crippen molar-refractivity contribution in [3.63, 3.8) is 0 Å². The van der Waals surface area contributed by atoms with Crippen LogP contribution in [0.1, 0.15) is 6.92 Å². The van der Waals surface area contributed by atoms with Gasteiger partial charge in [-0.15, -0.1) is 0 Å². The first kappa shape index (κ1) is 8.52. The van der Waals surface area contributed by atoms with Crippen LogP contribution in [0.25, 0.3) is 0 Å². The summed E-state index contributed by atoms with van der Waals surface area (Å²) in [5.74, 6) is 0. The van der Waals surface area contributed by atoms with E-state index in [2.05, 4.69) is 11.6 Å². The Labute approximate surface area is 69.2 Å². The summed E-state index contributed by atoms with van der Waals surface area (Å²) in [5, 5.41) is 0. The third-order valence-electron chi connectivity index (χ3n) is 1.34. The number of rotatable bonds is 2. The number of nitrogens with one attached hydrogen (secondary N) is 1. The van der Waals surface area contributed by atoms with Gasteiger partial charge in [0.2, 0.25) is 0 Å². The smallest absolute Gasteiger partial charge is 0.297 e. The molecule has 0 fully saturated rings. The molecule has 0 amide bonds. The van der Waals surface area contributed by atoms with Crippen LogP contribution < -0.4 is 11.2 Å². The summed E-state index contributed by atoms with van der Waals surface area (Å²) in [6.07, 6.45) is 1.45. The van der Waals surface area contributed by atoms with E-state index in [1.54, 1.807) is 0 Å². The molecule has 0 aromatic carbocycles.